The molecule has 0 aromatic heterocycles. The van der Waals surface area contributed by atoms with E-state index in [4.69, 9.17) is 5.73 Å². The first-order valence-electron chi connectivity index (χ1n) is 5.02. The van der Waals surface area contributed by atoms with Gasteiger partial charge in [0.25, 0.3) is 5.69 Å². The Hall–Kier alpha value is -2.56. The van der Waals surface area contributed by atoms with Crippen LogP contribution in [0.25, 0.3) is 0 Å². The van der Waals surface area contributed by atoms with Gasteiger partial charge >= 0.3 is 0 Å². The predicted molar refractivity (Wildman–Crippen MR) is 67.2 cm³/mol. The highest BCUT2D eigenvalue weighted by atomic mass is 16.6. The summed E-state index contributed by atoms with van der Waals surface area (Å²) in [7, 11) is 0. The third kappa shape index (κ3) is 2.72. The average Bonchev–Trinajstić information content (AvgIpc) is 2.29. The van der Waals surface area contributed by atoms with Gasteiger partial charge in [-0.1, -0.05) is 12.1 Å². The molecule has 5 nitrogen and oxygen atoms in total. The number of nitro groups is 1. The predicted octanol–water partition coefficient (Wildman–Crippen LogP) is 2.92. The van der Waals surface area contributed by atoms with E-state index in [2.05, 4.69) is 5.32 Å². The van der Waals surface area contributed by atoms with Crippen molar-refractivity contribution in [2.75, 3.05) is 11.1 Å². The number of non-ortho nitro benzene ring substituents is 1. The molecular formula is C12H11N3O2. The Morgan fingerprint density at radius 2 is 1.71 bits per heavy atom. The highest BCUT2D eigenvalue weighted by Crippen LogP contribution is 2.22. The lowest BCUT2D eigenvalue weighted by atomic mass is 10.2. The number of nitrogens with zero attached hydrogens (tertiary/aromatic N) is 1. The Morgan fingerprint density at radius 1 is 1.06 bits per heavy atom. The van der Waals surface area contributed by atoms with Gasteiger partial charge in [-0.2, -0.15) is 0 Å². The molecule has 86 valence electrons. The van der Waals surface area contributed by atoms with E-state index in [0.717, 1.165) is 5.69 Å². The summed E-state index contributed by atoms with van der Waals surface area (Å²) in [5.74, 6) is 0. The van der Waals surface area contributed by atoms with Crippen LogP contribution in [0.4, 0.5) is 22.7 Å². The first-order valence-corrected chi connectivity index (χ1v) is 5.02. The Kier molecular flexibility index (Phi) is 2.91. The van der Waals surface area contributed by atoms with E-state index in [9.17, 15) is 10.1 Å². The summed E-state index contributed by atoms with van der Waals surface area (Å²) in [5.41, 5.74) is 7.79. The largest absolute Gasteiger partial charge is 0.399 e. The van der Waals surface area contributed by atoms with Gasteiger partial charge in [0.2, 0.25) is 0 Å². The second-order valence-corrected chi connectivity index (χ2v) is 3.56. The van der Waals surface area contributed by atoms with Crippen molar-refractivity contribution in [3.05, 3.63) is 58.6 Å². The molecule has 17 heavy (non-hydrogen) atoms. The molecule has 0 spiro atoms. The topological polar surface area (TPSA) is 81.2 Å². The number of nitrogen functional groups attached to an aromatic ring is 1. The number of nitro benzene ring substituents is 1. The Bertz CT molecular complexity index is 555. The molecule has 0 saturated heterocycles. The molecule has 5 heteroatoms. The molecule has 0 bridgehead atoms. The Labute approximate surface area is 98.0 Å². The number of anilines is 3. The van der Waals surface area contributed by atoms with Gasteiger partial charge in [0.05, 0.1) is 4.92 Å². The van der Waals surface area contributed by atoms with Gasteiger partial charge in [-0.25, -0.2) is 0 Å². The first-order chi connectivity index (χ1) is 8.15. The smallest absolute Gasteiger partial charge is 0.271 e. The lowest BCUT2D eigenvalue weighted by Gasteiger charge is -2.06. The van der Waals surface area contributed by atoms with E-state index in [1.54, 1.807) is 24.3 Å². The number of rotatable bonds is 3. The molecule has 0 aliphatic rings. The van der Waals surface area contributed by atoms with Gasteiger partial charge < -0.3 is 11.1 Å². The molecule has 2 aromatic carbocycles. The van der Waals surface area contributed by atoms with Crippen LogP contribution in [0, 0.1) is 10.1 Å². The molecule has 2 rings (SSSR count). The minimum atomic E-state index is -0.426. The van der Waals surface area contributed by atoms with Gasteiger partial charge in [0.15, 0.2) is 0 Å². The first kappa shape index (κ1) is 10.9. The molecule has 0 aliphatic carbocycles. The summed E-state index contributed by atoms with van der Waals surface area (Å²) in [6, 6.07) is 13.5. The summed E-state index contributed by atoms with van der Waals surface area (Å²) < 4.78 is 0. The lowest BCUT2D eigenvalue weighted by molar-refractivity contribution is -0.384. The van der Waals surface area contributed by atoms with Gasteiger partial charge in [-0.05, 0) is 24.3 Å². The van der Waals surface area contributed by atoms with Crippen molar-refractivity contribution in [3.8, 4) is 0 Å². The highest BCUT2D eigenvalue weighted by Gasteiger charge is 2.05. The van der Waals surface area contributed by atoms with Gasteiger partial charge in [0, 0.05) is 29.2 Å². The van der Waals surface area contributed by atoms with Gasteiger partial charge in [-0.15, -0.1) is 0 Å². The highest BCUT2D eigenvalue weighted by molar-refractivity contribution is 5.65. The second-order valence-electron chi connectivity index (χ2n) is 3.56. The van der Waals surface area contributed by atoms with Crippen LogP contribution < -0.4 is 11.1 Å². The van der Waals surface area contributed by atoms with E-state index in [-0.39, 0.29) is 5.69 Å². The van der Waals surface area contributed by atoms with Gasteiger partial charge in [0.1, 0.15) is 0 Å². The molecule has 0 heterocycles. The number of nitrogens with two attached hydrogens (primary N) is 1. The van der Waals surface area contributed by atoms with E-state index in [1.165, 1.54) is 12.1 Å². The molecule has 0 atom stereocenters. The van der Waals surface area contributed by atoms with Crippen LogP contribution in [0.3, 0.4) is 0 Å². The summed E-state index contributed by atoms with van der Waals surface area (Å²) in [5, 5.41) is 13.7. The van der Waals surface area contributed by atoms with Crippen LogP contribution in [-0.2, 0) is 0 Å². The van der Waals surface area contributed by atoms with Crippen molar-refractivity contribution >= 4 is 22.7 Å². The minimum absolute atomic E-state index is 0.0545. The second kappa shape index (κ2) is 4.52. The van der Waals surface area contributed by atoms with E-state index in [0.29, 0.717) is 11.4 Å². The molecule has 3 N–H and O–H groups in total. The molecule has 0 aliphatic heterocycles. The minimum Gasteiger partial charge on any atom is -0.399 e. The fourth-order valence-electron chi connectivity index (χ4n) is 1.48. The van der Waals surface area contributed by atoms with Crippen LogP contribution in [0.2, 0.25) is 0 Å². The number of hydrogen-bond acceptors (Lipinski definition) is 4. The molecular weight excluding hydrogens is 218 g/mol. The summed E-state index contributed by atoms with van der Waals surface area (Å²) >= 11 is 0. The summed E-state index contributed by atoms with van der Waals surface area (Å²) in [6.07, 6.45) is 0. The van der Waals surface area contributed by atoms with E-state index in [1.807, 2.05) is 12.1 Å². The molecule has 0 amide bonds. The van der Waals surface area contributed by atoms with E-state index < -0.39 is 4.92 Å². The zero-order chi connectivity index (χ0) is 12.3. The normalized spacial score (nSPS) is 9.88. The monoisotopic (exact) mass is 229 g/mol. The van der Waals surface area contributed by atoms with Gasteiger partial charge in [-0.3, -0.25) is 10.1 Å². The fourth-order valence-corrected chi connectivity index (χ4v) is 1.48. The Balaban J connectivity index is 2.24. The van der Waals surface area contributed by atoms with Crippen molar-refractivity contribution in [3.63, 3.8) is 0 Å². The average molecular weight is 229 g/mol. The van der Waals surface area contributed by atoms with Crippen molar-refractivity contribution in [2.24, 2.45) is 0 Å². The SMILES string of the molecule is Nc1cccc(Nc2cccc([N+](=O)[O-])c2)c1. The van der Waals surface area contributed by atoms with E-state index >= 15 is 0 Å². The summed E-state index contributed by atoms with van der Waals surface area (Å²) in [4.78, 5) is 10.2. The third-order valence-electron chi connectivity index (χ3n) is 2.23. The number of nitrogens with one attached hydrogen (secondary N) is 1. The molecule has 0 saturated carbocycles. The van der Waals surface area contributed by atoms with Crippen molar-refractivity contribution < 1.29 is 4.92 Å². The number of hydrogen-bond donors (Lipinski definition) is 2. The molecule has 2 aromatic rings. The molecule has 0 unspecified atom stereocenters. The van der Waals surface area contributed by atoms with Crippen LogP contribution >= 0.6 is 0 Å². The zero-order valence-corrected chi connectivity index (χ0v) is 8.96. The molecule has 0 fully saturated rings. The quantitative estimate of drug-likeness (QED) is 0.481. The summed E-state index contributed by atoms with van der Waals surface area (Å²) in [6.45, 7) is 0. The lowest BCUT2D eigenvalue weighted by Crippen LogP contribution is -1.93. The maximum Gasteiger partial charge on any atom is 0.271 e. The van der Waals surface area contributed by atoms with Crippen molar-refractivity contribution in [2.45, 2.75) is 0 Å². The van der Waals surface area contributed by atoms with Crippen LogP contribution in [0.5, 0.6) is 0 Å². The standard InChI is InChI=1S/C12H11N3O2/c13-9-3-1-4-10(7-9)14-11-5-2-6-12(8-11)15(16)17/h1-8,14H,13H2. The maximum atomic E-state index is 10.6. The van der Waals surface area contributed by atoms with Crippen LogP contribution in [-0.4, -0.2) is 4.92 Å². The van der Waals surface area contributed by atoms with Crippen LogP contribution in [0.1, 0.15) is 0 Å². The molecule has 0 radical (unpaired) electrons. The van der Waals surface area contributed by atoms with Crippen molar-refractivity contribution in [1.82, 2.24) is 0 Å². The van der Waals surface area contributed by atoms with Crippen LogP contribution in [0.15, 0.2) is 48.5 Å². The maximum absolute atomic E-state index is 10.6. The third-order valence-corrected chi connectivity index (χ3v) is 2.23. The zero-order valence-electron chi connectivity index (χ0n) is 8.96. The Morgan fingerprint density at radius 3 is 2.35 bits per heavy atom. The number of benzene rings is 2. The fraction of sp³-hybridized carbons (Fsp3) is 0. The van der Waals surface area contributed by atoms with Crippen molar-refractivity contribution in [1.29, 1.82) is 0 Å².